The third-order valence-corrected chi connectivity index (χ3v) is 3.69. The SMILES string of the molecule is CC(=O)N1CCC(SCC(=O)O)CC1. The molecule has 1 heterocycles. The van der Waals surface area contributed by atoms with E-state index in [1.807, 2.05) is 4.90 Å². The highest BCUT2D eigenvalue weighted by Gasteiger charge is 2.21. The van der Waals surface area contributed by atoms with Crippen molar-refractivity contribution in [3.05, 3.63) is 0 Å². The number of hydrogen-bond donors (Lipinski definition) is 1. The van der Waals surface area contributed by atoms with Crippen LogP contribution in [0.1, 0.15) is 19.8 Å². The summed E-state index contributed by atoms with van der Waals surface area (Å²) >= 11 is 1.48. The minimum absolute atomic E-state index is 0.117. The minimum atomic E-state index is -0.760. The summed E-state index contributed by atoms with van der Waals surface area (Å²) in [7, 11) is 0. The molecule has 0 aliphatic carbocycles. The topological polar surface area (TPSA) is 57.6 Å². The summed E-state index contributed by atoms with van der Waals surface area (Å²) in [6, 6.07) is 0. The number of thioether (sulfide) groups is 1. The first kappa shape index (κ1) is 11.4. The van der Waals surface area contributed by atoms with E-state index in [4.69, 9.17) is 5.11 Å². The van der Waals surface area contributed by atoms with Gasteiger partial charge in [-0.2, -0.15) is 0 Å². The van der Waals surface area contributed by atoms with Crippen LogP contribution in [0.25, 0.3) is 0 Å². The fraction of sp³-hybridized carbons (Fsp3) is 0.778. The summed E-state index contributed by atoms with van der Waals surface area (Å²) in [5.74, 6) is -0.472. The van der Waals surface area contributed by atoms with Crippen molar-refractivity contribution < 1.29 is 14.7 Å². The number of rotatable bonds is 3. The number of nitrogens with zero attached hydrogens (tertiary/aromatic N) is 1. The normalized spacial score (nSPS) is 18.2. The van der Waals surface area contributed by atoms with Gasteiger partial charge in [-0.1, -0.05) is 0 Å². The van der Waals surface area contributed by atoms with Crippen LogP contribution < -0.4 is 0 Å². The molecule has 0 atom stereocenters. The third-order valence-electron chi connectivity index (χ3n) is 2.33. The third kappa shape index (κ3) is 3.57. The van der Waals surface area contributed by atoms with Gasteiger partial charge in [-0.25, -0.2) is 0 Å². The monoisotopic (exact) mass is 217 g/mol. The van der Waals surface area contributed by atoms with Gasteiger partial charge in [0.2, 0.25) is 5.91 Å². The van der Waals surface area contributed by atoms with Crippen molar-refractivity contribution >= 4 is 23.6 Å². The molecule has 0 aromatic rings. The van der Waals surface area contributed by atoms with Crippen molar-refractivity contribution in [3.8, 4) is 0 Å². The lowest BCUT2D eigenvalue weighted by Crippen LogP contribution is -2.38. The Bertz CT molecular complexity index is 224. The maximum Gasteiger partial charge on any atom is 0.313 e. The molecule has 80 valence electrons. The molecule has 1 aliphatic heterocycles. The van der Waals surface area contributed by atoms with Crippen LogP contribution in [0.3, 0.4) is 0 Å². The molecule has 5 heteroatoms. The number of piperidine rings is 1. The summed E-state index contributed by atoms with van der Waals surface area (Å²) in [5, 5.41) is 8.90. The molecule has 0 saturated carbocycles. The first-order chi connectivity index (χ1) is 6.59. The second-order valence-corrected chi connectivity index (χ2v) is 4.70. The molecule has 1 aliphatic rings. The quantitative estimate of drug-likeness (QED) is 0.760. The molecular weight excluding hydrogens is 202 g/mol. The van der Waals surface area contributed by atoms with Gasteiger partial charge in [-0.15, -0.1) is 11.8 Å². The van der Waals surface area contributed by atoms with Gasteiger partial charge in [-0.05, 0) is 12.8 Å². The van der Waals surface area contributed by atoms with Crippen molar-refractivity contribution in [2.24, 2.45) is 0 Å². The molecule has 0 unspecified atom stereocenters. The van der Waals surface area contributed by atoms with Gasteiger partial charge in [0.15, 0.2) is 0 Å². The lowest BCUT2D eigenvalue weighted by molar-refractivity contribution is -0.134. The maximum atomic E-state index is 11.0. The molecule has 1 amide bonds. The van der Waals surface area contributed by atoms with Crippen molar-refractivity contribution in [2.75, 3.05) is 18.8 Å². The number of likely N-dealkylation sites (tertiary alicyclic amines) is 1. The van der Waals surface area contributed by atoms with Gasteiger partial charge in [0.1, 0.15) is 0 Å². The van der Waals surface area contributed by atoms with Crippen LogP contribution in [-0.2, 0) is 9.59 Å². The number of carbonyl (C=O) groups is 2. The zero-order chi connectivity index (χ0) is 10.6. The zero-order valence-electron chi connectivity index (χ0n) is 8.23. The zero-order valence-corrected chi connectivity index (χ0v) is 9.05. The lowest BCUT2D eigenvalue weighted by atomic mass is 10.1. The van der Waals surface area contributed by atoms with Crippen molar-refractivity contribution in [1.29, 1.82) is 0 Å². The molecule has 0 spiro atoms. The Hall–Kier alpha value is -0.710. The van der Waals surface area contributed by atoms with Crippen LogP contribution in [-0.4, -0.2) is 46.0 Å². The second-order valence-electron chi connectivity index (χ2n) is 3.41. The molecular formula is C9H15NO3S. The summed E-state index contributed by atoms with van der Waals surface area (Å²) in [5.41, 5.74) is 0. The molecule has 1 N–H and O–H groups in total. The molecule has 0 radical (unpaired) electrons. The Kier molecular flexibility index (Phi) is 4.25. The number of carboxylic acid groups (broad SMARTS) is 1. The van der Waals surface area contributed by atoms with E-state index in [-0.39, 0.29) is 11.7 Å². The van der Waals surface area contributed by atoms with Crippen molar-refractivity contribution in [2.45, 2.75) is 25.0 Å². The van der Waals surface area contributed by atoms with Gasteiger partial charge in [0.25, 0.3) is 0 Å². The molecule has 0 aromatic carbocycles. The van der Waals surface area contributed by atoms with E-state index in [0.29, 0.717) is 5.25 Å². The highest BCUT2D eigenvalue weighted by atomic mass is 32.2. The predicted octanol–water partition coefficient (Wildman–Crippen LogP) is 0.815. The predicted molar refractivity (Wildman–Crippen MR) is 55.4 cm³/mol. The van der Waals surface area contributed by atoms with E-state index in [1.54, 1.807) is 6.92 Å². The van der Waals surface area contributed by atoms with Gasteiger partial charge < -0.3 is 10.0 Å². The first-order valence-corrected chi connectivity index (χ1v) is 5.73. The number of amides is 1. The summed E-state index contributed by atoms with van der Waals surface area (Å²) in [6.07, 6.45) is 1.83. The van der Waals surface area contributed by atoms with Crippen LogP contribution in [0.4, 0.5) is 0 Å². The maximum absolute atomic E-state index is 11.0. The van der Waals surface area contributed by atoms with Gasteiger partial charge in [0, 0.05) is 25.3 Å². The molecule has 0 aromatic heterocycles. The Morgan fingerprint density at radius 1 is 1.43 bits per heavy atom. The molecule has 4 nitrogen and oxygen atoms in total. The van der Waals surface area contributed by atoms with E-state index in [9.17, 15) is 9.59 Å². The summed E-state index contributed by atoms with van der Waals surface area (Å²) in [4.78, 5) is 23.1. The molecule has 1 rings (SSSR count). The van der Waals surface area contributed by atoms with Crippen molar-refractivity contribution in [1.82, 2.24) is 4.90 Å². The lowest BCUT2D eigenvalue weighted by Gasteiger charge is -2.30. The average Bonchev–Trinajstić information content (AvgIpc) is 2.15. The Morgan fingerprint density at radius 3 is 2.43 bits per heavy atom. The molecule has 14 heavy (non-hydrogen) atoms. The van der Waals surface area contributed by atoms with E-state index >= 15 is 0 Å². The number of carboxylic acids is 1. The second kappa shape index (κ2) is 5.24. The fourth-order valence-electron chi connectivity index (χ4n) is 1.53. The Balaban J connectivity index is 2.22. The van der Waals surface area contributed by atoms with E-state index < -0.39 is 5.97 Å². The molecule has 1 saturated heterocycles. The van der Waals surface area contributed by atoms with Gasteiger partial charge >= 0.3 is 5.97 Å². The van der Waals surface area contributed by atoms with Gasteiger partial charge in [0.05, 0.1) is 5.75 Å². The Labute approximate surface area is 87.7 Å². The van der Waals surface area contributed by atoms with Crippen LogP contribution in [0.15, 0.2) is 0 Å². The Morgan fingerprint density at radius 2 is 2.00 bits per heavy atom. The standard InChI is InChI=1S/C9H15NO3S/c1-7(11)10-4-2-8(3-5-10)14-6-9(12)13/h8H,2-6H2,1H3,(H,12,13). The summed E-state index contributed by atoms with van der Waals surface area (Å²) in [6.45, 7) is 3.12. The molecule has 1 fully saturated rings. The van der Waals surface area contributed by atoms with Crippen molar-refractivity contribution in [3.63, 3.8) is 0 Å². The van der Waals surface area contributed by atoms with E-state index in [2.05, 4.69) is 0 Å². The van der Waals surface area contributed by atoms with Crippen LogP contribution in [0, 0.1) is 0 Å². The average molecular weight is 217 g/mol. The number of hydrogen-bond acceptors (Lipinski definition) is 3. The fourth-order valence-corrected chi connectivity index (χ4v) is 2.45. The highest BCUT2D eigenvalue weighted by Crippen LogP contribution is 2.23. The summed E-state index contributed by atoms with van der Waals surface area (Å²) < 4.78 is 0. The minimum Gasteiger partial charge on any atom is -0.481 e. The van der Waals surface area contributed by atoms with Crippen LogP contribution in [0.2, 0.25) is 0 Å². The number of carbonyl (C=O) groups excluding carboxylic acids is 1. The molecule has 0 bridgehead atoms. The van der Waals surface area contributed by atoms with Crippen LogP contribution in [0.5, 0.6) is 0 Å². The largest absolute Gasteiger partial charge is 0.481 e. The van der Waals surface area contributed by atoms with Gasteiger partial charge in [-0.3, -0.25) is 9.59 Å². The smallest absolute Gasteiger partial charge is 0.313 e. The first-order valence-electron chi connectivity index (χ1n) is 4.68. The van der Waals surface area contributed by atoms with E-state index in [1.165, 1.54) is 11.8 Å². The van der Waals surface area contributed by atoms with Crippen LogP contribution >= 0.6 is 11.8 Å². The number of aliphatic carboxylic acids is 1. The highest BCUT2D eigenvalue weighted by molar-refractivity contribution is 8.00. The van der Waals surface area contributed by atoms with E-state index in [0.717, 1.165) is 25.9 Å².